The second-order valence-electron chi connectivity index (χ2n) is 9.39. The first-order valence-electron chi connectivity index (χ1n) is 14.0. The maximum absolute atomic E-state index is 2.30. The van der Waals surface area contributed by atoms with Crippen molar-refractivity contribution in [2.45, 2.75) is 168 Å². The standard InChI is InChI=1S/C28H58S.H3N/c1-3-5-7-9-11-13-15-17-19-21-23-25-27-29-28-26-24-22-20-18-16-14-12-10-8-6-4-2;/h3-28H2,1-2H3;1H3. The number of thioether (sulfide) groups is 1. The number of unbranched alkanes of at least 4 members (excludes halogenated alkanes) is 22. The molecule has 0 saturated carbocycles. The molecule has 30 heavy (non-hydrogen) atoms. The number of hydrogen-bond acceptors (Lipinski definition) is 2. The summed E-state index contributed by atoms with van der Waals surface area (Å²) in [4.78, 5) is 0. The van der Waals surface area contributed by atoms with Crippen LogP contribution in [-0.4, -0.2) is 11.5 Å². The predicted octanol–water partition coefficient (Wildman–Crippen LogP) is 11.3. The van der Waals surface area contributed by atoms with E-state index in [-0.39, 0.29) is 6.15 Å². The van der Waals surface area contributed by atoms with Crippen LogP contribution in [0, 0.1) is 0 Å². The lowest BCUT2D eigenvalue weighted by atomic mass is 10.1. The zero-order chi connectivity index (χ0) is 21.1. The molecule has 0 spiro atoms. The summed E-state index contributed by atoms with van der Waals surface area (Å²) in [7, 11) is 0. The van der Waals surface area contributed by atoms with Gasteiger partial charge in [0.05, 0.1) is 0 Å². The molecule has 0 aliphatic carbocycles. The maximum Gasteiger partial charge on any atom is -0.00675 e. The van der Waals surface area contributed by atoms with E-state index in [1.54, 1.807) is 0 Å². The Morgan fingerprint density at radius 2 is 0.500 bits per heavy atom. The molecule has 0 aliphatic rings. The third kappa shape index (κ3) is 30.5. The lowest BCUT2D eigenvalue weighted by Crippen LogP contribution is -1.87. The van der Waals surface area contributed by atoms with E-state index >= 15 is 0 Å². The molecule has 3 N–H and O–H groups in total. The highest BCUT2D eigenvalue weighted by Gasteiger charge is 1.96. The Morgan fingerprint density at radius 3 is 0.733 bits per heavy atom. The Bertz CT molecular complexity index is 243. The largest absolute Gasteiger partial charge is 0.344 e. The molecule has 0 unspecified atom stereocenters. The molecule has 0 aromatic rings. The molecule has 0 rings (SSSR count). The van der Waals surface area contributed by atoms with Crippen LogP contribution >= 0.6 is 11.8 Å². The maximum atomic E-state index is 2.30. The second-order valence-corrected chi connectivity index (χ2v) is 10.6. The fraction of sp³-hybridized carbons (Fsp3) is 1.00. The van der Waals surface area contributed by atoms with Crippen LogP contribution in [0.15, 0.2) is 0 Å². The van der Waals surface area contributed by atoms with Gasteiger partial charge < -0.3 is 6.15 Å². The summed E-state index contributed by atoms with van der Waals surface area (Å²) in [6.07, 6.45) is 35.2. The zero-order valence-electron chi connectivity index (χ0n) is 21.5. The van der Waals surface area contributed by atoms with Crippen LogP contribution in [0.3, 0.4) is 0 Å². The highest BCUT2D eigenvalue weighted by atomic mass is 32.2. The smallest absolute Gasteiger partial charge is 0.00675 e. The molecule has 2 heteroatoms. The normalized spacial score (nSPS) is 11.0. The van der Waals surface area contributed by atoms with Gasteiger partial charge in [-0.2, -0.15) is 11.8 Å². The third-order valence-electron chi connectivity index (χ3n) is 6.28. The summed E-state index contributed by atoms with van der Waals surface area (Å²) >= 11 is 2.22. The fourth-order valence-electron chi connectivity index (χ4n) is 4.19. The lowest BCUT2D eigenvalue weighted by molar-refractivity contribution is 0.547. The molecular formula is C28H61NS. The average molecular weight is 444 g/mol. The van der Waals surface area contributed by atoms with Crippen LogP contribution in [0.25, 0.3) is 0 Å². The molecule has 0 heterocycles. The van der Waals surface area contributed by atoms with Gasteiger partial charge in [0, 0.05) is 0 Å². The fourth-order valence-corrected chi connectivity index (χ4v) is 5.21. The van der Waals surface area contributed by atoms with E-state index in [4.69, 9.17) is 0 Å². The molecule has 184 valence electrons. The van der Waals surface area contributed by atoms with Crippen molar-refractivity contribution in [3.05, 3.63) is 0 Å². The van der Waals surface area contributed by atoms with Crippen molar-refractivity contribution < 1.29 is 0 Å². The summed E-state index contributed by atoms with van der Waals surface area (Å²) < 4.78 is 0. The van der Waals surface area contributed by atoms with E-state index in [0.29, 0.717) is 0 Å². The first kappa shape index (κ1) is 32.5. The van der Waals surface area contributed by atoms with Gasteiger partial charge in [-0.15, -0.1) is 0 Å². The Kier molecular flexibility index (Phi) is 34.1. The molecule has 1 nitrogen and oxygen atoms in total. The monoisotopic (exact) mass is 443 g/mol. The number of rotatable bonds is 26. The topological polar surface area (TPSA) is 35.0 Å². The summed E-state index contributed by atoms with van der Waals surface area (Å²) in [5.74, 6) is 2.82. The van der Waals surface area contributed by atoms with Crippen molar-refractivity contribution in [3.63, 3.8) is 0 Å². The van der Waals surface area contributed by atoms with Crippen LogP contribution in [0.2, 0.25) is 0 Å². The molecule has 0 aromatic carbocycles. The molecule has 0 amide bonds. The van der Waals surface area contributed by atoms with Gasteiger partial charge in [0.25, 0.3) is 0 Å². The first-order valence-corrected chi connectivity index (χ1v) is 15.1. The molecule has 0 fully saturated rings. The summed E-state index contributed by atoms with van der Waals surface area (Å²) in [5.41, 5.74) is 0. The van der Waals surface area contributed by atoms with E-state index in [1.165, 1.54) is 166 Å². The molecule has 0 radical (unpaired) electrons. The van der Waals surface area contributed by atoms with Crippen molar-refractivity contribution in [2.24, 2.45) is 0 Å². The molecule has 0 saturated heterocycles. The first-order chi connectivity index (χ1) is 14.4. The van der Waals surface area contributed by atoms with Gasteiger partial charge in [-0.1, -0.05) is 155 Å². The number of hydrogen-bond donors (Lipinski definition) is 1. The van der Waals surface area contributed by atoms with Gasteiger partial charge in [0.2, 0.25) is 0 Å². The van der Waals surface area contributed by atoms with Crippen molar-refractivity contribution >= 4 is 11.8 Å². The Balaban J connectivity index is 0. The van der Waals surface area contributed by atoms with E-state index in [9.17, 15) is 0 Å². The van der Waals surface area contributed by atoms with Crippen LogP contribution < -0.4 is 6.15 Å². The van der Waals surface area contributed by atoms with Gasteiger partial charge in [0.1, 0.15) is 0 Å². The van der Waals surface area contributed by atoms with Gasteiger partial charge in [0.15, 0.2) is 0 Å². The van der Waals surface area contributed by atoms with Gasteiger partial charge in [-0.3, -0.25) is 0 Å². The van der Waals surface area contributed by atoms with E-state index in [1.807, 2.05) is 0 Å². The minimum atomic E-state index is 0. The second kappa shape index (κ2) is 31.5. The van der Waals surface area contributed by atoms with E-state index < -0.39 is 0 Å². The van der Waals surface area contributed by atoms with Crippen molar-refractivity contribution in [1.82, 2.24) is 6.15 Å². The van der Waals surface area contributed by atoms with Crippen LogP contribution in [-0.2, 0) is 0 Å². The molecule has 0 atom stereocenters. The highest BCUT2D eigenvalue weighted by molar-refractivity contribution is 7.99. The summed E-state index contributed by atoms with van der Waals surface area (Å²) in [6, 6.07) is 0. The Morgan fingerprint density at radius 1 is 0.300 bits per heavy atom. The summed E-state index contributed by atoms with van der Waals surface area (Å²) in [5, 5.41) is 0. The lowest BCUT2D eigenvalue weighted by Gasteiger charge is -2.04. The molecule has 0 bridgehead atoms. The average Bonchev–Trinajstić information content (AvgIpc) is 2.74. The van der Waals surface area contributed by atoms with Gasteiger partial charge in [-0.05, 0) is 24.3 Å². The van der Waals surface area contributed by atoms with Gasteiger partial charge >= 0.3 is 0 Å². The van der Waals surface area contributed by atoms with Crippen molar-refractivity contribution in [3.8, 4) is 0 Å². The molecular weight excluding hydrogens is 382 g/mol. The van der Waals surface area contributed by atoms with Crippen LogP contribution in [0.1, 0.15) is 168 Å². The summed E-state index contributed by atoms with van der Waals surface area (Å²) in [6.45, 7) is 4.61. The quantitative estimate of drug-likeness (QED) is 0.135. The van der Waals surface area contributed by atoms with Crippen molar-refractivity contribution in [1.29, 1.82) is 0 Å². The highest BCUT2D eigenvalue weighted by Crippen LogP contribution is 2.15. The molecule has 0 aliphatic heterocycles. The Hall–Kier alpha value is 0.310. The SMILES string of the molecule is CCCCCCCCCCCCCCSCCCCCCCCCCCCCC.N. The minimum Gasteiger partial charge on any atom is -0.344 e. The van der Waals surface area contributed by atoms with Crippen molar-refractivity contribution in [2.75, 3.05) is 11.5 Å². The zero-order valence-corrected chi connectivity index (χ0v) is 22.3. The molecule has 0 aromatic heterocycles. The Labute approximate surface area is 197 Å². The van der Waals surface area contributed by atoms with Crippen LogP contribution in [0.5, 0.6) is 0 Å². The minimum absolute atomic E-state index is 0. The third-order valence-corrected chi connectivity index (χ3v) is 7.44. The van der Waals surface area contributed by atoms with E-state index in [2.05, 4.69) is 25.6 Å². The van der Waals surface area contributed by atoms with Crippen LogP contribution in [0.4, 0.5) is 0 Å². The predicted molar refractivity (Wildman–Crippen MR) is 145 cm³/mol. The van der Waals surface area contributed by atoms with Gasteiger partial charge in [-0.25, -0.2) is 0 Å². The van der Waals surface area contributed by atoms with E-state index in [0.717, 1.165) is 0 Å².